The monoisotopic (exact) mass is 493 g/mol. The molecule has 36 heavy (non-hydrogen) atoms. The van der Waals surface area contributed by atoms with Crippen LogP contribution in [0.5, 0.6) is 0 Å². The maximum Gasteiger partial charge on any atom is 0.118 e. The summed E-state index contributed by atoms with van der Waals surface area (Å²) in [5.41, 5.74) is 8.68. The van der Waals surface area contributed by atoms with E-state index < -0.39 is 0 Å². The van der Waals surface area contributed by atoms with Gasteiger partial charge in [-0.05, 0) is 131 Å². The molecule has 4 heteroatoms. The zero-order valence-corrected chi connectivity index (χ0v) is 22.3. The molecule has 4 bridgehead atoms. The van der Waals surface area contributed by atoms with Crippen LogP contribution in [0.4, 0.5) is 5.69 Å². The largest absolute Gasteiger partial charge is 0.308 e. The Kier molecular flexibility index (Phi) is 5.29. The first kappa shape index (κ1) is 22.5. The minimum absolute atomic E-state index is 0.445. The summed E-state index contributed by atoms with van der Waals surface area (Å²) in [5.74, 6) is 2.92. The molecule has 0 atom stereocenters. The van der Waals surface area contributed by atoms with Gasteiger partial charge in [0.2, 0.25) is 0 Å². The highest BCUT2D eigenvalue weighted by Crippen LogP contribution is 2.60. The number of hydrogen-bond acceptors (Lipinski definition) is 3. The third kappa shape index (κ3) is 3.54. The topological polar surface area (TPSA) is 41.1 Å². The van der Waals surface area contributed by atoms with Gasteiger partial charge >= 0.3 is 0 Å². The van der Waals surface area contributed by atoms with E-state index in [1.807, 2.05) is 17.6 Å². The minimum Gasteiger partial charge on any atom is -0.308 e. The molecule has 0 unspecified atom stereocenters. The van der Waals surface area contributed by atoms with Crippen LogP contribution in [-0.2, 0) is 18.3 Å². The lowest BCUT2D eigenvalue weighted by molar-refractivity contribution is -0.00518. The molecule has 3 nitrogen and oxygen atoms in total. The first-order chi connectivity index (χ1) is 17.5. The van der Waals surface area contributed by atoms with Gasteiger partial charge < -0.3 is 4.57 Å². The molecule has 5 aliphatic carbocycles. The predicted molar refractivity (Wildman–Crippen MR) is 148 cm³/mol. The number of benzene rings is 1. The van der Waals surface area contributed by atoms with E-state index in [0.29, 0.717) is 5.41 Å². The van der Waals surface area contributed by atoms with E-state index in [2.05, 4.69) is 54.8 Å². The lowest BCUT2D eigenvalue weighted by atomic mass is 9.48. The van der Waals surface area contributed by atoms with E-state index >= 15 is 0 Å². The number of nitrogens with zero attached hydrogens (tertiary/aromatic N) is 3. The maximum atomic E-state index is 9.97. The number of fused-ring (bicyclic) bond motifs is 1. The van der Waals surface area contributed by atoms with Crippen LogP contribution in [0.2, 0.25) is 0 Å². The van der Waals surface area contributed by atoms with Crippen LogP contribution in [0, 0.1) is 42.9 Å². The van der Waals surface area contributed by atoms with Crippen LogP contribution in [0.1, 0.15) is 89.9 Å². The van der Waals surface area contributed by atoms with E-state index in [4.69, 9.17) is 4.99 Å². The van der Waals surface area contributed by atoms with Crippen LogP contribution in [0.15, 0.2) is 35.3 Å². The van der Waals surface area contributed by atoms with Crippen molar-refractivity contribution in [3.8, 4) is 11.1 Å². The molecule has 3 aromatic rings. The number of rotatable bonds is 4. The number of aliphatic imine (C=N–C) groups is 1. The summed E-state index contributed by atoms with van der Waals surface area (Å²) >= 11 is 1.82. The van der Waals surface area contributed by atoms with Crippen molar-refractivity contribution in [3.05, 3.63) is 68.9 Å². The van der Waals surface area contributed by atoms with Gasteiger partial charge in [0.05, 0.1) is 11.3 Å². The molecule has 4 saturated carbocycles. The summed E-state index contributed by atoms with van der Waals surface area (Å²) in [5, 5.41) is 11.1. The Hall–Kier alpha value is -2.64. The van der Waals surface area contributed by atoms with E-state index in [9.17, 15) is 5.26 Å². The van der Waals surface area contributed by atoms with Gasteiger partial charge in [-0.2, -0.15) is 5.26 Å². The van der Waals surface area contributed by atoms with Crippen molar-refractivity contribution in [1.29, 1.82) is 5.26 Å². The predicted octanol–water partition coefficient (Wildman–Crippen LogP) is 8.12. The summed E-state index contributed by atoms with van der Waals surface area (Å²) in [6.45, 7) is 4.30. The fourth-order valence-corrected chi connectivity index (χ4v) is 10.0. The second-order valence-electron chi connectivity index (χ2n) is 12.2. The standard InChI is InChI=1S/C32H35N3S/c1-20-11-25(21(2)35(20)31-29(18-33)28-5-3-4-6-30(28)36-31)19-34-27-9-7-26(8-10-27)32-15-22-12-23(16-32)14-24(13-22)17-32/h7-11,19,22-24H,3-6,12-17H2,1-2H3. The van der Waals surface area contributed by atoms with E-state index in [0.717, 1.165) is 58.1 Å². The summed E-state index contributed by atoms with van der Waals surface area (Å²) in [4.78, 5) is 6.29. The highest BCUT2D eigenvalue weighted by atomic mass is 32.1. The molecule has 0 radical (unpaired) electrons. The fourth-order valence-electron chi connectivity index (χ4n) is 8.56. The number of thiophene rings is 1. The molecule has 0 spiro atoms. The summed E-state index contributed by atoms with van der Waals surface area (Å²) in [6, 6.07) is 13.9. The Morgan fingerprint density at radius 3 is 2.33 bits per heavy atom. The Morgan fingerprint density at radius 2 is 1.67 bits per heavy atom. The molecule has 0 saturated heterocycles. The Labute approximate surface area is 218 Å². The van der Waals surface area contributed by atoms with Crippen molar-refractivity contribution in [2.45, 2.75) is 83.5 Å². The van der Waals surface area contributed by atoms with E-state index in [1.54, 1.807) is 5.56 Å². The van der Waals surface area contributed by atoms with Crippen LogP contribution in [-0.4, -0.2) is 10.8 Å². The molecule has 5 aliphatic rings. The smallest absolute Gasteiger partial charge is 0.118 e. The van der Waals surface area contributed by atoms with Crippen molar-refractivity contribution in [3.63, 3.8) is 0 Å². The lowest BCUT2D eigenvalue weighted by Crippen LogP contribution is -2.48. The molecular weight excluding hydrogens is 458 g/mol. The SMILES string of the molecule is Cc1cc(C=Nc2ccc(C34CC5CC(CC(C5)C3)C4)cc2)c(C)n1-c1sc2c(c1C#N)CCCC2. The molecular formula is C32H35N3S. The third-order valence-corrected chi connectivity index (χ3v) is 11.1. The van der Waals surface area contributed by atoms with Crippen LogP contribution >= 0.6 is 11.3 Å². The van der Waals surface area contributed by atoms with Crippen molar-refractivity contribution in [1.82, 2.24) is 4.57 Å². The average molecular weight is 494 g/mol. The Bertz CT molecular complexity index is 1360. The zero-order valence-electron chi connectivity index (χ0n) is 21.5. The van der Waals surface area contributed by atoms with Crippen LogP contribution in [0.3, 0.4) is 0 Å². The zero-order chi connectivity index (χ0) is 24.4. The second-order valence-corrected chi connectivity index (χ2v) is 13.3. The lowest BCUT2D eigenvalue weighted by Gasteiger charge is -2.57. The van der Waals surface area contributed by atoms with Crippen molar-refractivity contribution >= 4 is 23.2 Å². The minimum atomic E-state index is 0.445. The molecule has 184 valence electrons. The maximum absolute atomic E-state index is 9.97. The van der Waals surface area contributed by atoms with Gasteiger partial charge in [0.25, 0.3) is 0 Å². The molecule has 0 amide bonds. The van der Waals surface area contributed by atoms with Crippen LogP contribution < -0.4 is 0 Å². The quantitative estimate of drug-likeness (QED) is 0.338. The number of aryl methyl sites for hydroxylation is 2. The van der Waals surface area contributed by atoms with Crippen molar-refractivity contribution in [2.75, 3.05) is 0 Å². The highest BCUT2D eigenvalue weighted by Gasteiger charge is 2.51. The molecule has 0 N–H and O–H groups in total. The third-order valence-electron chi connectivity index (χ3n) is 9.81. The second kappa shape index (κ2) is 8.45. The van der Waals surface area contributed by atoms with E-state index in [-0.39, 0.29) is 0 Å². The van der Waals surface area contributed by atoms with E-state index in [1.165, 1.54) is 67.5 Å². The van der Waals surface area contributed by atoms with Crippen molar-refractivity contribution < 1.29 is 0 Å². The van der Waals surface area contributed by atoms with Gasteiger partial charge in [-0.1, -0.05) is 12.1 Å². The normalized spacial score (nSPS) is 28.5. The molecule has 2 aromatic heterocycles. The summed E-state index contributed by atoms with van der Waals surface area (Å²) in [6.07, 6.45) is 15.3. The van der Waals surface area contributed by atoms with Gasteiger partial charge in [-0.3, -0.25) is 4.99 Å². The average Bonchev–Trinajstić information content (AvgIpc) is 3.37. The Balaban J connectivity index is 1.15. The fraction of sp³-hybridized carbons (Fsp3) is 0.500. The number of aromatic nitrogens is 1. The van der Waals surface area contributed by atoms with Gasteiger partial charge in [0, 0.05) is 28.0 Å². The summed E-state index contributed by atoms with van der Waals surface area (Å²) < 4.78 is 2.28. The molecule has 0 aliphatic heterocycles. The van der Waals surface area contributed by atoms with Gasteiger partial charge in [-0.25, -0.2) is 0 Å². The first-order valence-electron chi connectivity index (χ1n) is 13.9. The van der Waals surface area contributed by atoms with Gasteiger partial charge in [0.1, 0.15) is 11.1 Å². The highest BCUT2D eigenvalue weighted by molar-refractivity contribution is 7.15. The van der Waals surface area contributed by atoms with Crippen molar-refractivity contribution in [2.24, 2.45) is 22.7 Å². The number of hydrogen-bond donors (Lipinski definition) is 0. The Morgan fingerprint density at radius 1 is 1.00 bits per heavy atom. The van der Waals surface area contributed by atoms with Crippen LogP contribution in [0.25, 0.3) is 5.00 Å². The molecule has 2 heterocycles. The molecule has 1 aromatic carbocycles. The first-order valence-corrected chi connectivity index (χ1v) is 14.7. The van der Waals surface area contributed by atoms with Gasteiger partial charge in [-0.15, -0.1) is 11.3 Å². The molecule has 8 rings (SSSR count). The van der Waals surface area contributed by atoms with Gasteiger partial charge in [0.15, 0.2) is 0 Å². The number of nitriles is 1. The molecule has 4 fully saturated rings. The summed E-state index contributed by atoms with van der Waals surface area (Å²) in [7, 11) is 0.